The summed E-state index contributed by atoms with van der Waals surface area (Å²) in [5, 5.41) is 6.25. The standard InChI is InChI=1S/CN.ClH.Li/c1-2;;/h;1H;/q-1;;+1/p-1. The van der Waals surface area contributed by atoms with Crippen LogP contribution in [0.2, 0.25) is 0 Å². The van der Waals surface area contributed by atoms with Gasteiger partial charge in [0, 0.05) is 0 Å². The van der Waals surface area contributed by atoms with E-state index in [1.165, 1.54) is 0 Å². The zero-order valence-corrected chi connectivity index (χ0v) is 3.08. The Hall–Kier alpha value is 0.377. The molecule has 0 rings (SSSR count). The van der Waals surface area contributed by atoms with Crippen LogP contribution in [0.4, 0.5) is 0 Å². The second kappa shape index (κ2) is 134. The molecule has 0 radical (unpaired) electrons. The number of rotatable bonds is 0. The maximum Gasteiger partial charge on any atom is 1.00 e. The van der Waals surface area contributed by atoms with Gasteiger partial charge in [-0.2, -0.15) is 0 Å². The van der Waals surface area contributed by atoms with Crippen molar-refractivity contribution in [1.29, 1.82) is 5.26 Å². The average Bonchev–Trinajstić information content (AvgIpc) is 1.00. The molecule has 0 aromatic carbocycles. The van der Waals surface area contributed by atoms with Gasteiger partial charge in [-0.15, -0.1) is 0 Å². The van der Waals surface area contributed by atoms with Gasteiger partial charge < -0.3 is 24.2 Å². The topological polar surface area (TPSA) is 23.8 Å². The molecule has 0 aliphatic rings. The largest absolute Gasteiger partial charge is 1.00 e. The molecule has 4 heavy (non-hydrogen) atoms. The molecule has 0 aliphatic carbocycles. The van der Waals surface area contributed by atoms with Crippen LogP contribution in [-0.4, -0.2) is 0 Å². The van der Waals surface area contributed by atoms with Crippen LogP contribution in [-0.2, 0) is 0 Å². The first-order chi connectivity index (χ1) is 1.00. The van der Waals surface area contributed by atoms with Gasteiger partial charge in [0.15, 0.2) is 0 Å². The fourth-order valence-corrected chi connectivity index (χ4v) is 0. The summed E-state index contributed by atoms with van der Waals surface area (Å²) in [4.78, 5) is 0. The van der Waals surface area contributed by atoms with Crippen LogP contribution in [0.25, 0.3) is 0 Å². The Morgan fingerprint density at radius 1 is 1.25 bits per heavy atom. The predicted octanol–water partition coefficient (Wildman–Crippen LogP) is -5.90. The van der Waals surface area contributed by atoms with Gasteiger partial charge >= 0.3 is 18.9 Å². The third-order valence-electron chi connectivity index (χ3n) is 0. The van der Waals surface area contributed by atoms with E-state index in [1.54, 1.807) is 0 Å². The maximum absolute atomic E-state index is 6.25. The van der Waals surface area contributed by atoms with E-state index in [4.69, 9.17) is 11.8 Å². The smallest absolute Gasteiger partial charge is 1.00 e. The van der Waals surface area contributed by atoms with E-state index in [0.717, 1.165) is 0 Å². The molecule has 0 saturated heterocycles. The fourth-order valence-electron chi connectivity index (χ4n) is 0. The van der Waals surface area contributed by atoms with Crippen LogP contribution in [0.15, 0.2) is 0 Å². The molecule has 18 valence electrons. The van der Waals surface area contributed by atoms with E-state index in [2.05, 4.69) is 0 Å². The molecule has 0 spiro atoms. The van der Waals surface area contributed by atoms with Crippen molar-refractivity contribution in [2.75, 3.05) is 0 Å². The minimum Gasteiger partial charge on any atom is -1.00 e. The van der Waals surface area contributed by atoms with E-state index < -0.39 is 0 Å². The molecule has 0 fully saturated rings. The number of halogens is 1. The minimum absolute atomic E-state index is 0. The second-order valence-corrected chi connectivity index (χ2v) is 0. The van der Waals surface area contributed by atoms with Gasteiger partial charge in [0.05, 0.1) is 0 Å². The van der Waals surface area contributed by atoms with Crippen LogP contribution in [0.5, 0.6) is 0 Å². The maximum atomic E-state index is 6.25. The monoisotopic (exact) mass is 68.0 g/mol. The van der Waals surface area contributed by atoms with Crippen molar-refractivity contribution < 1.29 is 31.3 Å². The van der Waals surface area contributed by atoms with Crippen molar-refractivity contribution in [3.63, 3.8) is 0 Å². The Morgan fingerprint density at radius 2 is 1.25 bits per heavy atom. The van der Waals surface area contributed by atoms with Crippen LogP contribution < -0.4 is 31.3 Å². The third kappa shape index (κ3) is 31.7. The van der Waals surface area contributed by atoms with Gasteiger partial charge in [-0.05, 0) is 0 Å². The van der Waals surface area contributed by atoms with Crippen molar-refractivity contribution >= 4 is 0 Å². The Labute approximate surface area is 43.6 Å². The first kappa shape index (κ1) is 26.3. The van der Waals surface area contributed by atoms with Crippen molar-refractivity contribution in [2.24, 2.45) is 0 Å². The van der Waals surface area contributed by atoms with Gasteiger partial charge in [0.2, 0.25) is 0 Å². The Kier molecular flexibility index (Phi) is 882. The van der Waals surface area contributed by atoms with E-state index in [1.807, 2.05) is 0 Å². The van der Waals surface area contributed by atoms with E-state index in [9.17, 15) is 0 Å². The van der Waals surface area contributed by atoms with Crippen molar-refractivity contribution in [1.82, 2.24) is 0 Å². The number of hydrogen-bond acceptors (Lipinski definition) is 1. The predicted molar refractivity (Wildman–Crippen MR) is 4.97 cm³/mol. The van der Waals surface area contributed by atoms with Gasteiger partial charge in [-0.1, -0.05) is 0 Å². The number of nitrogens with zero attached hydrogens (tertiary/aromatic N) is 1. The molecular formula is CClLiN-. The summed E-state index contributed by atoms with van der Waals surface area (Å²) in [5.74, 6) is 0. The van der Waals surface area contributed by atoms with E-state index in [0.29, 0.717) is 0 Å². The first-order valence-corrected chi connectivity index (χ1v) is 0.224. The molecule has 3 heteroatoms. The Bertz CT molecular complexity index is 12.8. The summed E-state index contributed by atoms with van der Waals surface area (Å²) < 4.78 is 0. The second-order valence-electron chi connectivity index (χ2n) is 0. The molecule has 0 aromatic rings. The Morgan fingerprint density at radius 3 is 1.25 bits per heavy atom. The number of hydrogen-bond donors (Lipinski definition) is 0. The average molecular weight is 68.4 g/mol. The molecule has 0 aromatic heterocycles. The zero-order valence-electron chi connectivity index (χ0n) is 2.33. The van der Waals surface area contributed by atoms with Gasteiger partial charge in [-0.3, -0.25) is 0 Å². The summed E-state index contributed by atoms with van der Waals surface area (Å²) in [5.41, 5.74) is 0. The SMILES string of the molecule is [C-]#N.[Cl-].[Li+]. The van der Waals surface area contributed by atoms with E-state index in [-0.39, 0.29) is 31.3 Å². The molecule has 1 nitrogen and oxygen atoms in total. The quantitative estimate of drug-likeness (QED) is 0.205. The Balaban J connectivity index is -0.00000000500. The van der Waals surface area contributed by atoms with Crippen molar-refractivity contribution in [3.05, 3.63) is 6.57 Å². The molecule has 0 bridgehead atoms. The third-order valence-corrected chi connectivity index (χ3v) is 0. The van der Waals surface area contributed by atoms with Crippen LogP contribution in [0.3, 0.4) is 0 Å². The molecular weight excluding hydrogens is 68.4 g/mol. The molecule has 0 atom stereocenters. The van der Waals surface area contributed by atoms with Crippen LogP contribution in [0, 0.1) is 11.8 Å². The summed E-state index contributed by atoms with van der Waals surface area (Å²) in [6.45, 7) is 4.75. The molecule has 0 saturated carbocycles. The van der Waals surface area contributed by atoms with E-state index >= 15 is 0 Å². The molecule has 0 unspecified atom stereocenters. The molecule has 0 amide bonds. The van der Waals surface area contributed by atoms with Gasteiger partial charge in [0.25, 0.3) is 0 Å². The molecule has 0 aliphatic heterocycles. The van der Waals surface area contributed by atoms with Crippen LogP contribution in [0.1, 0.15) is 0 Å². The van der Waals surface area contributed by atoms with Crippen molar-refractivity contribution in [3.8, 4) is 0 Å². The fraction of sp³-hybridized carbons (Fsp3) is 0. The summed E-state index contributed by atoms with van der Waals surface area (Å²) in [6, 6.07) is 0. The summed E-state index contributed by atoms with van der Waals surface area (Å²) in [6.07, 6.45) is 0. The van der Waals surface area contributed by atoms with Crippen molar-refractivity contribution in [2.45, 2.75) is 0 Å². The normalized spacial score (nSPS) is 0.500. The van der Waals surface area contributed by atoms with Gasteiger partial charge in [-0.25, -0.2) is 0 Å². The van der Waals surface area contributed by atoms with Crippen LogP contribution >= 0.6 is 0 Å². The summed E-state index contributed by atoms with van der Waals surface area (Å²) in [7, 11) is 0. The zero-order chi connectivity index (χ0) is 2.00. The van der Waals surface area contributed by atoms with Gasteiger partial charge in [0.1, 0.15) is 0 Å². The molecule has 0 N–H and O–H groups in total. The minimum atomic E-state index is 0. The first-order valence-electron chi connectivity index (χ1n) is 0.224. The summed E-state index contributed by atoms with van der Waals surface area (Å²) >= 11 is 0. The molecule has 0 heterocycles.